The Morgan fingerprint density at radius 3 is 2.29 bits per heavy atom. The van der Waals surface area contributed by atoms with E-state index in [4.69, 9.17) is 5.73 Å². The van der Waals surface area contributed by atoms with Crippen LogP contribution in [-0.4, -0.2) is 55.6 Å². The van der Waals surface area contributed by atoms with Crippen molar-refractivity contribution in [3.8, 4) is 0 Å². The third-order valence-electron chi connectivity index (χ3n) is 3.49. The topological polar surface area (TPSA) is 32.5 Å². The van der Waals surface area contributed by atoms with E-state index < -0.39 is 0 Å². The predicted octanol–water partition coefficient (Wildman–Crippen LogP) is 0.750. The van der Waals surface area contributed by atoms with Gasteiger partial charge in [0.05, 0.1) is 0 Å². The Morgan fingerprint density at radius 2 is 1.93 bits per heavy atom. The molecule has 3 nitrogen and oxygen atoms in total. The molecule has 84 valence electrons. The van der Waals surface area contributed by atoms with Crippen molar-refractivity contribution in [1.82, 2.24) is 9.80 Å². The molecule has 1 heterocycles. The first-order valence-electron chi connectivity index (χ1n) is 5.79. The molecule has 0 aromatic rings. The number of nitrogens with zero attached hydrogens (tertiary/aromatic N) is 2. The highest BCUT2D eigenvalue weighted by Crippen LogP contribution is 2.17. The van der Waals surface area contributed by atoms with Gasteiger partial charge < -0.3 is 10.6 Å². The summed E-state index contributed by atoms with van der Waals surface area (Å²) in [5.74, 6) is 0. The summed E-state index contributed by atoms with van der Waals surface area (Å²) in [6.45, 7) is 5.48. The molecule has 1 saturated heterocycles. The lowest BCUT2D eigenvalue weighted by molar-refractivity contribution is 0.109. The zero-order chi connectivity index (χ0) is 10.6. The normalized spacial score (nSPS) is 22.9. The number of rotatable bonds is 4. The van der Waals surface area contributed by atoms with E-state index in [1.807, 2.05) is 0 Å². The van der Waals surface area contributed by atoms with Gasteiger partial charge in [0.25, 0.3) is 0 Å². The zero-order valence-corrected chi connectivity index (χ0v) is 9.87. The monoisotopic (exact) mass is 199 g/mol. The fourth-order valence-corrected chi connectivity index (χ4v) is 2.34. The zero-order valence-electron chi connectivity index (χ0n) is 9.87. The standard InChI is InChI=1S/C11H25N3/c1-4-10(9-12)14-7-5-11(6-8-14)13(2)3/h10-11H,4-9,12H2,1-3H3. The summed E-state index contributed by atoms with van der Waals surface area (Å²) in [4.78, 5) is 4.90. The fraction of sp³-hybridized carbons (Fsp3) is 1.00. The van der Waals surface area contributed by atoms with Gasteiger partial charge in [-0.1, -0.05) is 6.92 Å². The van der Waals surface area contributed by atoms with Crippen LogP contribution in [0.2, 0.25) is 0 Å². The number of hydrogen-bond acceptors (Lipinski definition) is 3. The van der Waals surface area contributed by atoms with Gasteiger partial charge in [0.2, 0.25) is 0 Å². The highest BCUT2D eigenvalue weighted by molar-refractivity contribution is 4.81. The molecule has 1 atom stereocenters. The van der Waals surface area contributed by atoms with Crippen LogP contribution in [0.25, 0.3) is 0 Å². The van der Waals surface area contributed by atoms with Crippen LogP contribution < -0.4 is 5.73 Å². The van der Waals surface area contributed by atoms with E-state index in [9.17, 15) is 0 Å². The van der Waals surface area contributed by atoms with Crippen molar-refractivity contribution >= 4 is 0 Å². The first kappa shape index (κ1) is 12.0. The first-order valence-corrected chi connectivity index (χ1v) is 5.79. The highest BCUT2D eigenvalue weighted by Gasteiger charge is 2.23. The summed E-state index contributed by atoms with van der Waals surface area (Å²) in [7, 11) is 4.36. The molecule has 1 fully saturated rings. The van der Waals surface area contributed by atoms with Gasteiger partial charge in [0.1, 0.15) is 0 Å². The minimum Gasteiger partial charge on any atom is -0.329 e. The van der Waals surface area contributed by atoms with Crippen molar-refractivity contribution in [3.05, 3.63) is 0 Å². The molecule has 1 aliphatic rings. The second kappa shape index (κ2) is 5.69. The molecular weight excluding hydrogens is 174 g/mol. The smallest absolute Gasteiger partial charge is 0.0215 e. The van der Waals surface area contributed by atoms with Gasteiger partial charge in [-0.15, -0.1) is 0 Å². The number of hydrogen-bond donors (Lipinski definition) is 1. The lowest BCUT2D eigenvalue weighted by Crippen LogP contribution is -2.48. The predicted molar refractivity (Wildman–Crippen MR) is 61.4 cm³/mol. The first-order chi connectivity index (χ1) is 6.69. The summed E-state index contributed by atoms with van der Waals surface area (Å²) >= 11 is 0. The van der Waals surface area contributed by atoms with E-state index in [2.05, 4.69) is 30.8 Å². The summed E-state index contributed by atoms with van der Waals surface area (Å²) in [5, 5.41) is 0. The van der Waals surface area contributed by atoms with Crippen LogP contribution in [0.5, 0.6) is 0 Å². The molecule has 0 saturated carbocycles. The van der Waals surface area contributed by atoms with Crippen molar-refractivity contribution < 1.29 is 0 Å². The van der Waals surface area contributed by atoms with Crippen molar-refractivity contribution in [2.24, 2.45) is 5.73 Å². The van der Waals surface area contributed by atoms with E-state index in [-0.39, 0.29) is 0 Å². The van der Waals surface area contributed by atoms with Crippen LogP contribution in [0.3, 0.4) is 0 Å². The third kappa shape index (κ3) is 2.94. The second-order valence-corrected chi connectivity index (χ2v) is 4.53. The van der Waals surface area contributed by atoms with E-state index in [1.165, 1.54) is 32.4 Å². The van der Waals surface area contributed by atoms with Crippen molar-refractivity contribution in [3.63, 3.8) is 0 Å². The van der Waals surface area contributed by atoms with Gasteiger partial charge in [-0.25, -0.2) is 0 Å². The fourth-order valence-electron chi connectivity index (χ4n) is 2.34. The molecule has 0 aromatic carbocycles. The quantitative estimate of drug-likeness (QED) is 0.725. The average Bonchev–Trinajstić information content (AvgIpc) is 2.20. The molecule has 1 unspecified atom stereocenters. The highest BCUT2D eigenvalue weighted by atomic mass is 15.2. The lowest BCUT2D eigenvalue weighted by Gasteiger charge is -2.38. The van der Waals surface area contributed by atoms with Gasteiger partial charge in [-0.3, -0.25) is 4.90 Å². The Bertz CT molecular complexity index is 147. The summed E-state index contributed by atoms with van der Waals surface area (Å²) in [5.41, 5.74) is 5.76. The molecule has 0 radical (unpaired) electrons. The van der Waals surface area contributed by atoms with Crippen LogP contribution in [-0.2, 0) is 0 Å². The average molecular weight is 199 g/mol. The van der Waals surface area contributed by atoms with Crippen LogP contribution in [0.15, 0.2) is 0 Å². The maximum atomic E-state index is 5.76. The summed E-state index contributed by atoms with van der Waals surface area (Å²) in [6, 6.07) is 1.39. The van der Waals surface area contributed by atoms with Crippen LogP contribution in [0.4, 0.5) is 0 Å². The van der Waals surface area contributed by atoms with Gasteiger partial charge in [-0.05, 0) is 46.4 Å². The molecule has 0 bridgehead atoms. The second-order valence-electron chi connectivity index (χ2n) is 4.53. The number of likely N-dealkylation sites (tertiary alicyclic amines) is 1. The van der Waals surface area contributed by atoms with E-state index in [0.717, 1.165) is 12.6 Å². The van der Waals surface area contributed by atoms with E-state index in [1.54, 1.807) is 0 Å². The van der Waals surface area contributed by atoms with Gasteiger partial charge in [0.15, 0.2) is 0 Å². The van der Waals surface area contributed by atoms with Crippen LogP contribution >= 0.6 is 0 Å². The molecule has 3 heteroatoms. The molecule has 0 aromatic heterocycles. The molecule has 2 N–H and O–H groups in total. The minimum absolute atomic E-state index is 0.609. The Morgan fingerprint density at radius 1 is 1.36 bits per heavy atom. The van der Waals surface area contributed by atoms with Gasteiger partial charge >= 0.3 is 0 Å². The van der Waals surface area contributed by atoms with E-state index in [0.29, 0.717) is 6.04 Å². The molecule has 0 amide bonds. The Labute approximate surface area is 88.2 Å². The number of nitrogens with two attached hydrogens (primary N) is 1. The SMILES string of the molecule is CCC(CN)N1CCC(N(C)C)CC1. The third-order valence-corrected chi connectivity index (χ3v) is 3.49. The van der Waals surface area contributed by atoms with Gasteiger partial charge in [0, 0.05) is 18.6 Å². The molecule has 1 rings (SSSR count). The van der Waals surface area contributed by atoms with Crippen LogP contribution in [0, 0.1) is 0 Å². The maximum Gasteiger partial charge on any atom is 0.0215 e. The lowest BCUT2D eigenvalue weighted by atomic mass is 10.0. The summed E-state index contributed by atoms with van der Waals surface area (Å²) < 4.78 is 0. The molecule has 0 aliphatic carbocycles. The largest absolute Gasteiger partial charge is 0.329 e. The van der Waals surface area contributed by atoms with Crippen LogP contribution in [0.1, 0.15) is 26.2 Å². The number of piperidine rings is 1. The minimum atomic E-state index is 0.609. The Hall–Kier alpha value is -0.120. The van der Waals surface area contributed by atoms with Crippen molar-refractivity contribution in [2.45, 2.75) is 38.3 Å². The van der Waals surface area contributed by atoms with Crippen molar-refractivity contribution in [1.29, 1.82) is 0 Å². The Balaban J connectivity index is 2.34. The Kier molecular flexibility index (Phi) is 4.85. The maximum absolute atomic E-state index is 5.76. The molecular formula is C11H25N3. The van der Waals surface area contributed by atoms with Gasteiger partial charge in [-0.2, -0.15) is 0 Å². The molecule has 14 heavy (non-hydrogen) atoms. The molecule has 0 spiro atoms. The summed E-state index contributed by atoms with van der Waals surface area (Å²) in [6.07, 6.45) is 3.77. The molecule has 1 aliphatic heterocycles. The van der Waals surface area contributed by atoms with Crippen molar-refractivity contribution in [2.75, 3.05) is 33.7 Å². The van der Waals surface area contributed by atoms with E-state index >= 15 is 0 Å².